The first kappa shape index (κ1) is 19.4. The third-order valence-electron chi connectivity index (χ3n) is 6.58. The van der Waals surface area contributed by atoms with E-state index < -0.39 is 0 Å². The van der Waals surface area contributed by atoms with E-state index in [2.05, 4.69) is 52.5 Å². The van der Waals surface area contributed by atoms with Gasteiger partial charge in [0.25, 0.3) is 0 Å². The standard InChI is InChI=1S/C27H25N3OS/c31-27(28-20-12-5-2-6-13-20)30-18-22-21-14-7-8-16-24(21)32-26(22)29-17-9-15-23(29)25(30)19-10-3-1-4-11-19/h1-6,9-13,15,17,25H,7-8,14,16,18H2,(H,28,31)/t25-/m0/s1. The Kier molecular flexibility index (Phi) is 4.84. The zero-order chi connectivity index (χ0) is 21.5. The first-order chi connectivity index (χ1) is 15.8. The minimum atomic E-state index is -0.159. The molecule has 6 rings (SSSR count). The van der Waals surface area contributed by atoms with E-state index in [-0.39, 0.29) is 12.1 Å². The second-order valence-corrected chi connectivity index (χ2v) is 9.62. The van der Waals surface area contributed by atoms with Gasteiger partial charge < -0.3 is 14.8 Å². The highest BCUT2D eigenvalue weighted by Gasteiger charge is 2.35. The fourth-order valence-corrected chi connectivity index (χ4v) is 6.49. The molecule has 32 heavy (non-hydrogen) atoms. The number of anilines is 1. The quantitative estimate of drug-likeness (QED) is 0.378. The van der Waals surface area contributed by atoms with Crippen LogP contribution in [0.2, 0.25) is 0 Å². The fourth-order valence-electron chi connectivity index (χ4n) is 5.09. The van der Waals surface area contributed by atoms with Gasteiger partial charge in [-0.25, -0.2) is 4.79 Å². The van der Waals surface area contributed by atoms with E-state index in [1.165, 1.54) is 33.8 Å². The van der Waals surface area contributed by atoms with Crippen molar-refractivity contribution in [2.24, 2.45) is 0 Å². The van der Waals surface area contributed by atoms with E-state index >= 15 is 0 Å². The molecule has 2 aliphatic rings. The van der Waals surface area contributed by atoms with E-state index in [4.69, 9.17) is 0 Å². The van der Waals surface area contributed by atoms with Gasteiger partial charge in [-0.3, -0.25) is 0 Å². The van der Waals surface area contributed by atoms with Gasteiger partial charge in [-0.15, -0.1) is 11.3 Å². The van der Waals surface area contributed by atoms with Crippen molar-refractivity contribution < 1.29 is 4.79 Å². The fraction of sp³-hybridized carbons (Fsp3) is 0.222. The number of aryl methyl sites for hydroxylation is 1. The predicted octanol–water partition coefficient (Wildman–Crippen LogP) is 6.55. The van der Waals surface area contributed by atoms with E-state index in [0.29, 0.717) is 6.54 Å². The molecule has 0 fully saturated rings. The Balaban J connectivity index is 1.51. The van der Waals surface area contributed by atoms with Gasteiger partial charge in [0.15, 0.2) is 0 Å². The molecule has 0 saturated carbocycles. The van der Waals surface area contributed by atoms with Crippen LogP contribution in [0.3, 0.4) is 0 Å². The lowest BCUT2D eigenvalue weighted by Crippen LogP contribution is -2.38. The number of nitrogens with zero attached hydrogens (tertiary/aromatic N) is 2. The molecule has 0 unspecified atom stereocenters. The van der Waals surface area contributed by atoms with Crippen LogP contribution < -0.4 is 5.32 Å². The molecule has 4 aromatic rings. The Morgan fingerprint density at radius 1 is 0.875 bits per heavy atom. The molecule has 4 nitrogen and oxygen atoms in total. The summed E-state index contributed by atoms with van der Waals surface area (Å²) in [6, 6.07) is 24.2. The molecular formula is C27H25N3OS. The summed E-state index contributed by atoms with van der Waals surface area (Å²) < 4.78 is 2.33. The van der Waals surface area contributed by atoms with Crippen LogP contribution >= 0.6 is 11.3 Å². The number of nitrogens with one attached hydrogen (secondary N) is 1. The number of para-hydroxylation sites is 1. The summed E-state index contributed by atoms with van der Waals surface area (Å²) in [5, 5.41) is 4.43. The molecular weight excluding hydrogens is 414 g/mol. The number of hydrogen-bond donors (Lipinski definition) is 1. The monoisotopic (exact) mass is 439 g/mol. The van der Waals surface area contributed by atoms with Crippen LogP contribution in [0.4, 0.5) is 10.5 Å². The maximum Gasteiger partial charge on any atom is 0.322 e. The van der Waals surface area contributed by atoms with Crippen molar-refractivity contribution in [1.29, 1.82) is 0 Å². The molecule has 0 radical (unpaired) electrons. The van der Waals surface area contributed by atoms with Crippen LogP contribution in [0, 0.1) is 0 Å². The molecule has 5 heteroatoms. The molecule has 0 spiro atoms. The molecule has 2 amide bonds. The number of fused-ring (bicyclic) bond motifs is 5. The highest BCUT2D eigenvalue weighted by molar-refractivity contribution is 7.15. The topological polar surface area (TPSA) is 37.3 Å². The van der Waals surface area contributed by atoms with Gasteiger partial charge in [-0.1, -0.05) is 48.5 Å². The third kappa shape index (κ3) is 3.24. The van der Waals surface area contributed by atoms with Gasteiger partial charge in [-0.2, -0.15) is 0 Å². The Morgan fingerprint density at radius 3 is 2.44 bits per heavy atom. The maximum atomic E-state index is 13.7. The number of carbonyl (C=O) groups excluding carboxylic acids is 1. The maximum absolute atomic E-state index is 13.7. The number of hydrogen-bond acceptors (Lipinski definition) is 2. The SMILES string of the molecule is O=C(Nc1ccccc1)N1Cc2c(sc3c2CCCC3)-n2cccc2[C@@H]1c1ccccc1. The summed E-state index contributed by atoms with van der Waals surface area (Å²) in [6.45, 7) is 0.612. The largest absolute Gasteiger partial charge is 0.322 e. The van der Waals surface area contributed by atoms with Crippen molar-refractivity contribution in [1.82, 2.24) is 9.47 Å². The minimum Gasteiger partial charge on any atom is -0.310 e. The molecule has 3 heterocycles. The number of rotatable bonds is 2. The highest BCUT2D eigenvalue weighted by atomic mass is 32.1. The van der Waals surface area contributed by atoms with Crippen LogP contribution in [0.5, 0.6) is 0 Å². The second kappa shape index (κ2) is 7.99. The van der Waals surface area contributed by atoms with Gasteiger partial charge in [0.2, 0.25) is 0 Å². The van der Waals surface area contributed by atoms with Crippen LogP contribution in [0.15, 0.2) is 79.0 Å². The third-order valence-corrected chi connectivity index (χ3v) is 7.91. The normalized spacial score (nSPS) is 17.1. The second-order valence-electron chi connectivity index (χ2n) is 8.53. The summed E-state index contributed by atoms with van der Waals surface area (Å²) in [5.74, 6) is 0. The average molecular weight is 440 g/mol. The van der Waals surface area contributed by atoms with Gasteiger partial charge in [0.1, 0.15) is 5.00 Å². The smallest absolute Gasteiger partial charge is 0.310 e. The highest BCUT2D eigenvalue weighted by Crippen LogP contribution is 2.44. The van der Waals surface area contributed by atoms with Crippen molar-refractivity contribution in [2.45, 2.75) is 38.3 Å². The number of thiophene rings is 1. The summed E-state index contributed by atoms with van der Waals surface area (Å²) in [7, 11) is 0. The Hall–Kier alpha value is -3.31. The lowest BCUT2D eigenvalue weighted by atomic mass is 9.95. The zero-order valence-corrected chi connectivity index (χ0v) is 18.6. The molecule has 0 saturated heterocycles. The lowest BCUT2D eigenvalue weighted by molar-refractivity contribution is 0.194. The van der Waals surface area contributed by atoms with Crippen LogP contribution in [0.25, 0.3) is 5.00 Å². The van der Waals surface area contributed by atoms with E-state index in [1.54, 1.807) is 0 Å². The Labute approximate surface area is 192 Å². The van der Waals surface area contributed by atoms with Gasteiger partial charge in [0, 0.05) is 22.3 Å². The number of aromatic nitrogens is 1. The lowest BCUT2D eigenvalue weighted by Gasteiger charge is -2.31. The molecule has 2 aromatic carbocycles. The molecule has 0 bridgehead atoms. The van der Waals surface area contributed by atoms with E-state index in [9.17, 15) is 4.79 Å². The van der Waals surface area contributed by atoms with Crippen molar-refractivity contribution >= 4 is 23.1 Å². The van der Waals surface area contributed by atoms with Crippen molar-refractivity contribution in [3.63, 3.8) is 0 Å². The summed E-state index contributed by atoms with van der Waals surface area (Å²) in [4.78, 5) is 17.3. The van der Waals surface area contributed by atoms with Gasteiger partial charge >= 0.3 is 6.03 Å². The Bertz CT molecular complexity index is 1260. The average Bonchev–Trinajstić information content (AvgIpc) is 3.42. The minimum absolute atomic E-state index is 0.0681. The Morgan fingerprint density at radius 2 is 1.62 bits per heavy atom. The van der Waals surface area contributed by atoms with Crippen molar-refractivity contribution in [3.05, 3.63) is 106 Å². The van der Waals surface area contributed by atoms with Crippen LogP contribution in [-0.4, -0.2) is 15.5 Å². The molecule has 1 aliphatic heterocycles. The van der Waals surface area contributed by atoms with Gasteiger partial charge in [0.05, 0.1) is 18.3 Å². The summed E-state index contributed by atoms with van der Waals surface area (Å²) >= 11 is 1.92. The first-order valence-corrected chi connectivity index (χ1v) is 12.1. The zero-order valence-electron chi connectivity index (χ0n) is 17.8. The number of benzene rings is 2. The van der Waals surface area contributed by atoms with Crippen molar-refractivity contribution in [2.75, 3.05) is 5.32 Å². The number of carbonyl (C=O) groups is 1. The summed E-state index contributed by atoms with van der Waals surface area (Å²) in [5.41, 5.74) is 5.87. The number of urea groups is 1. The molecule has 2 aromatic heterocycles. The van der Waals surface area contributed by atoms with Gasteiger partial charge in [-0.05, 0) is 61.1 Å². The van der Waals surface area contributed by atoms with Crippen LogP contribution in [0.1, 0.15) is 46.1 Å². The predicted molar refractivity (Wildman–Crippen MR) is 130 cm³/mol. The van der Waals surface area contributed by atoms with E-state index in [1.807, 2.05) is 52.6 Å². The summed E-state index contributed by atoms with van der Waals surface area (Å²) in [6.07, 6.45) is 6.91. The molecule has 1 N–H and O–H groups in total. The molecule has 160 valence electrons. The van der Waals surface area contributed by atoms with Crippen molar-refractivity contribution in [3.8, 4) is 5.00 Å². The first-order valence-electron chi connectivity index (χ1n) is 11.3. The molecule has 1 atom stereocenters. The number of amides is 2. The van der Waals surface area contributed by atoms with E-state index in [0.717, 1.165) is 29.8 Å². The molecule has 1 aliphatic carbocycles. The van der Waals surface area contributed by atoms with Crippen LogP contribution in [-0.2, 0) is 19.4 Å².